The molecule has 15 heavy (non-hydrogen) atoms. The van der Waals surface area contributed by atoms with Crippen LogP contribution in [0.15, 0.2) is 0 Å². The van der Waals surface area contributed by atoms with E-state index in [4.69, 9.17) is 5.73 Å². The molecule has 0 radical (unpaired) electrons. The van der Waals surface area contributed by atoms with Gasteiger partial charge in [-0.2, -0.15) is 0 Å². The highest BCUT2D eigenvalue weighted by atomic mass is 16.5. The van der Waals surface area contributed by atoms with Gasteiger partial charge in [-0.25, -0.2) is 4.79 Å². The molecule has 1 saturated carbocycles. The molecule has 3 N–H and O–H groups in total. The first-order valence-electron chi connectivity index (χ1n) is 4.88. The maximum atomic E-state index is 11.3. The van der Waals surface area contributed by atoms with Crippen molar-refractivity contribution in [3.05, 3.63) is 0 Å². The van der Waals surface area contributed by atoms with Crippen molar-refractivity contribution in [3.63, 3.8) is 0 Å². The number of ether oxygens (including phenoxy) is 2. The fraction of sp³-hybridized carbons (Fsp3) is 0.778. The third kappa shape index (κ3) is 4.16. The second-order valence-corrected chi connectivity index (χ2v) is 3.46. The molecule has 0 aromatic heterocycles. The van der Waals surface area contributed by atoms with Gasteiger partial charge in [-0.15, -0.1) is 0 Å². The van der Waals surface area contributed by atoms with Gasteiger partial charge in [0.25, 0.3) is 0 Å². The summed E-state index contributed by atoms with van der Waals surface area (Å²) in [4.78, 5) is 21.6. The fourth-order valence-corrected chi connectivity index (χ4v) is 1.37. The zero-order valence-electron chi connectivity index (χ0n) is 8.69. The van der Waals surface area contributed by atoms with E-state index in [1.165, 1.54) is 7.11 Å². The summed E-state index contributed by atoms with van der Waals surface area (Å²) in [6.07, 6.45) is 1.25. The van der Waals surface area contributed by atoms with Gasteiger partial charge in [-0.05, 0) is 18.8 Å². The number of hydrogen-bond acceptors (Lipinski definition) is 5. The molecule has 0 saturated heterocycles. The molecule has 86 valence electrons. The van der Waals surface area contributed by atoms with Crippen LogP contribution in [0.2, 0.25) is 0 Å². The molecule has 0 heterocycles. The number of rotatable bonds is 6. The molecule has 1 atom stereocenters. The third-order valence-electron chi connectivity index (χ3n) is 2.26. The van der Waals surface area contributed by atoms with Gasteiger partial charge in [-0.3, -0.25) is 4.79 Å². The molecule has 6 nitrogen and oxygen atoms in total. The van der Waals surface area contributed by atoms with Crippen molar-refractivity contribution in [2.75, 3.05) is 20.3 Å². The summed E-state index contributed by atoms with van der Waals surface area (Å²) in [5.41, 5.74) is 4.79. The molecule has 0 bridgehead atoms. The second-order valence-electron chi connectivity index (χ2n) is 3.46. The van der Waals surface area contributed by atoms with E-state index in [1.807, 2.05) is 0 Å². The third-order valence-corrected chi connectivity index (χ3v) is 2.26. The number of methoxy groups -OCH3 is 1. The summed E-state index contributed by atoms with van der Waals surface area (Å²) in [6.45, 7) is 0.564. The molecule has 0 aliphatic heterocycles. The van der Waals surface area contributed by atoms with E-state index >= 15 is 0 Å². The molecule has 1 aliphatic carbocycles. The quantitative estimate of drug-likeness (QED) is 0.466. The topological polar surface area (TPSA) is 90.7 Å². The van der Waals surface area contributed by atoms with E-state index in [2.05, 4.69) is 14.8 Å². The lowest BCUT2D eigenvalue weighted by atomic mass is 10.2. The monoisotopic (exact) mass is 216 g/mol. The minimum atomic E-state index is -0.808. The minimum absolute atomic E-state index is 0.162. The Morgan fingerprint density at radius 2 is 2.20 bits per heavy atom. The van der Waals surface area contributed by atoms with Crippen LogP contribution in [0.25, 0.3) is 0 Å². The Kier molecular flexibility index (Phi) is 4.36. The van der Waals surface area contributed by atoms with Gasteiger partial charge >= 0.3 is 12.1 Å². The Balaban J connectivity index is 2.20. The highest BCUT2D eigenvalue weighted by molar-refractivity contribution is 5.76. The van der Waals surface area contributed by atoms with Crippen molar-refractivity contribution in [1.29, 1.82) is 0 Å². The number of nitrogens with two attached hydrogens (primary N) is 1. The lowest BCUT2D eigenvalue weighted by Crippen LogP contribution is -2.41. The van der Waals surface area contributed by atoms with Crippen LogP contribution in [0.1, 0.15) is 12.8 Å². The van der Waals surface area contributed by atoms with Crippen LogP contribution in [0.4, 0.5) is 4.79 Å². The molecule has 1 fully saturated rings. The Labute approximate surface area is 88.1 Å². The number of amides is 1. The van der Waals surface area contributed by atoms with Crippen LogP contribution in [0.3, 0.4) is 0 Å². The molecule has 1 unspecified atom stereocenters. The van der Waals surface area contributed by atoms with Crippen molar-refractivity contribution in [2.45, 2.75) is 18.9 Å². The molecule has 1 amide bonds. The van der Waals surface area contributed by atoms with E-state index in [9.17, 15) is 9.59 Å². The van der Waals surface area contributed by atoms with E-state index in [1.54, 1.807) is 0 Å². The van der Waals surface area contributed by atoms with Gasteiger partial charge in [0.2, 0.25) is 0 Å². The number of hydrogen-bond donors (Lipinski definition) is 2. The largest absolute Gasteiger partial charge is 0.468 e. The maximum Gasteiger partial charge on any atom is 0.404 e. The number of carbonyl (C=O) groups excluding carboxylic acids is 2. The first kappa shape index (κ1) is 11.8. The van der Waals surface area contributed by atoms with Gasteiger partial charge in [0, 0.05) is 6.54 Å². The average molecular weight is 216 g/mol. The zero-order chi connectivity index (χ0) is 11.3. The highest BCUT2D eigenvalue weighted by Gasteiger charge is 2.36. The molecule has 0 aromatic rings. The van der Waals surface area contributed by atoms with Crippen LogP contribution >= 0.6 is 0 Å². The van der Waals surface area contributed by atoms with Gasteiger partial charge in [0.05, 0.1) is 7.11 Å². The van der Waals surface area contributed by atoms with Crippen LogP contribution in [-0.2, 0) is 14.3 Å². The molecular formula is C9H16N2O4. The Morgan fingerprint density at radius 3 is 2.67 bits per heavy atom. The molecule has 1 aliphatic rings. The number of primary amides is 1. The van der Waals surface area contributed by atoms with Crippen LogP contribution < -0.4 is 11.1 Å². The molecule has 6 heteroatoms. The SMILES string of the molecule is COC(=O)C(NCCOC(N)=O)C1CC1. The summed E-state index contributed by atoms with van der Waals surface area (Å²) < 4.78 is 9.19. The maximum absolute atomic E-state index is 11.3. The van der Waals surface area contributed by atoms with Gasteiger partial charge < -0.3 is 20.5 Å². The van der Waals surface area contributed by atoms with Crippen molar-refractivity contribution in [3.8, 4) is 0 Å². The summed E-state index contributed by atoms with van der Waals surface area (Å²) in [5.74, 6) is 0.0857. The summed E-state index contributed by atoms with van der Waals surface area (Å²) >= 11 is 0. The zero-order valence-corrected chi connectivity index (χ0v) is 8.69. The van der Waals surface area contributed by atoms with Crippen molar-refractivity contribution in [1.82, 2.24) is 5.32 Å². The molecule has 1 rings (SSSR count). The molecule has 0 aromatic carbocycles. The normalized spacial score (nSPS) is 16.9. The summed E-state index contributed by atoms with van der Waals surface area (Å²) in [7, 11) is 1.36. The number of carbonyl (C=O) groups is 2. The Bertz CT molecular complexity index is 240. The highest BCUT2D eigenvalue weighted by Crippen LogP contribution is 2.32. The smallest absolute Gasteiger partial charge is 0.404 e. The standard InChI is InChI=1S/C9H16N2O4/c1-14-8(12)7(6-2-3-6)11-4-5-15-9(10)13/h6-7,11H,2-5H2,1H3,(H2,10,13). The van der Waals surface area contributed by atoms with Crippen LogP contribution in [0.5, 0.6) is 0 Å². The predicted molar refractivity (Wildman–Crippen MR) is 52.1 cm³/mol. The van der Waals surface area contributed by atoms with Gasteiger partial charge in [0.15, 0.2) is 0 Å². The summed E-state index contributed by atoms with van der Waals surface area (Å²) in [5, 5.41) is 2.98. The lowest BCUT2D eigenvalue weighted by Gasteiger charge is -2.15. The van der Waals surface area contributed by atoms with E-state index in [-0.39, 0.29) is 18.6 Å². The summed E-state index contributed by atoms with van der Waals surface area (Å²) in [6, 6.07) is -0.286. The first-order valence-corrected chi connectivity index (χ1v) is 4.88. The fourth-order valence-electron chi connectivity index (χ4n) is 1.37. The molecule has 0 spiro atoms. The molecular weight excluding hydrogens is 200 g/mol. The Hall–Kier alpha value is -1.30. The van der Waals surface area contributed by atoms with Crippen molar-refractivity contribution >= 4 is 12.1 Å². The van der Waals surface area contributed by atoms with Gasteiger partial charge in [0.1, 0.15) is 12.6 Å². The van der Waals surface area contributed by atoms with Crippen LogP contribution in [-0.4, -0.2) is 38.4 Å². The van der Waals surface area contributed by atoms with Gasteiger partial charge in [-0.1, -0.05) is 0 Å². The van der Waals surface area contributed by atoms with Crippen LogP contribution in [0, 0.1) is 5.92 Å². The lowest BCUT2D eigenvalue weighted by molar-refractivity contribution is -0.143. The number of esters is 1. The van der Waals surface area contributed by atoms with E-state index in [0.29, 0.717) is 12.5 Å². The Morgan fingerprint density at radius 1 is 1.53 bits per heavy atom. The van der Waals surface area contributed by atoms with Crippen molar-refractivity contribution in [2.24, 2.45) is 11.7 Å². The second kappa shape index (κ2) is 5.55. The van der Waals surface area contributed by atoms with E-state index in [0.717, 1.165) is 12.8 Å². The number of nitrogens with one attached hydrogen (secondary N) is 1. The predicted octanol–water partition coefficient (Wildman–Crippen LogP) is -0.377. The van der Waals surface area contributed by atoms with E-state index < -0.39 is 6.09 Å². The minimum Gasteiger partial charge on any atom is -0.468 e. The van der Waals surface area contributed by atoms with Crippen molar-refractivity contribution < 1.29 is 19.1 Å². The first-order chi connectivity index (χ1) is 7.15. The average Bonchev–Trinajstić information content (AvgIpc) is 3.00.